The van der Waals surface area contributed by atoms with Crippen molar-refractivity contribution >= 4 is 40.9 Å². The normalized spacial score (nSPS) is 18.9. The van der Waals surface area contributed by atoms with Crippen molar-refractivity contribution in [2.24, 2.45) is 11.8 Å². The Kier molecular flexibility index (Phi) is 12.8. The van der Waals surface area contributed by atoms with E-state index >= 15 is 0 Å². The number of carbonyl (C=O) groups excluding carboxylic acids is 5. The van der Waals surface area contributed by atoms with Gasteiger partial charge in [-0.25, -0.2) is 14.6 Å². The van der Waals surface area contributed by atoms with Gasteiger partial charge >= 0.3 is 12.2 Å². The van der Waals surface area contributed by atoms with Crippen LogP contribution in [-0.4, -0.2) is 89.7 Å². The van der Waals surface area contributed by atoms with Crippen molar-refractivity contribution in [2.75, 3.05) is 20.8 Å². The van der Waals surface area contributed by atoms with Crippen LogP contribution < -0.4 is 21.3 Å². The van der Waals surface area contributed by atoms with Crippen LogP contribution in [-0.2, 0) is 19.1 Å². The molecule has 1 aliphatic heterocycles. The van der Waals surface area contributed by atoms with E-state index in [1.54, 1.807) is 12.1 Å². The summed E-state index contributed by atoms with van der Waals surface area (Å²) in [6, 6.07) is 19.6. The van der Waals surface area contributed by atoms with Crippen molar-refractivity contribution in [1.29, 1.82) is 0 Å². The maximum atomic E-state index is 13.6. The molecule has 1 aromatic heterocycles. The fourth-order valence-corrected chi connectivity index (χ4v) is 7.78. The van der Waals surface area contributed by atoms with Crippen LogP contribution in [0.2, 0.25) is 0 Å². The lowest BCUT2D eigenvalue weighted by atomic mass is 9.99. The Morgan fingerprint density at radius 1 is 0.702 bits per heavy atom. The third-order valence-corrected chi connectivity index (χ3v) is 11.0. The number of aromatic amines is 1. The Bertz CT molecular complexity index is 2080. The molecular weight excluding hydrogens is 727 g/mol. The highest BCUT2D eigenvalue weighted by Crippen LogP contribution is 2.34. The Labute approximate surface area is 332 Å². The molecule has 5 N–H and O–H groups in total. The molecule has 1 saturated heterocycles. The van der Waals surface area contributed by atoms with Crippen molar-refractivity contribution in [3.05, 3.63) is 78.1 Å². The highest BCUT2D eigenvalue weighted by atomic mass is 16.5. The smallest absolute Gasteiger partial charge is 0.407 e. The first-order valence-electron chi connectivity index (χ1n) is 19.7. The lowest BCUT2D eigenvalue weighted by molar-refractivity contribution is -0.135. The van der Waals surface area contributed by atoms with Crippen LogP contribution in [0.3, 0.4) is 0 Å². The largest absolute Gasteiger partial charge is 0.453 e. The second kappa shape index (κ2) is 17.9. The van der Waals surface area contributed by atoms with Gasteiger partial charge < -0.3 is 40.6 Å². The third-order valence-electron chi connectivity index (χ3n) is 11.0. The van der Waals surface area contributed by atoms with Gasteiger partial charge in [0.15, 0.2) is 0 Å². The predicted molar refractivity (Wildman–Crippen MR) is 216 cm³/mol. The standard InChI is InChI=1S/C43H53N7O7/c1-24(2)36(48-42(54)56-5)40(52)47-32-10-7-9-31(32)46-39(51)29-18-16-27(17-19-29)26-12-14-28(15-13-26)30-20-21-33-34(23-30)45-38(44-33)35-11-8-22-50(35)41(53)37(25(3)4)49-43(55)57-6/h12-21,23-25,31-32,35-37H,7-11,22H2,1-6H3,(H,44,45)(H,46,51)(H,47,52)(H,48,54)(H,49,55)/t31-,32-,35+,36+,37+/m1/s1. The minimum atomic E-state index is -0.749. The molecular formula is C43H53N7O7. The minimum Gasteiger partial charge on any atom is -0.453 e. The van der Waals surface area contributed by atoms with E-state index in [9.17, 15) is 24.0 Å². The van der Waals surface area contributed by atoms with Crippen LogP contribution in [0.5, 0.6) is 0 Å². The van der Waals surface area contributed by atoms with Gasteiger partial charge in [-0.2, -0.15) is 0 Å². The first-order valence-corrected chi connectivity index (χ1v) is 19.7. The summed E-state index contributed by atoms with van der Waals surface area (Å²) >= 11 is 0. The molecule has 14 heteroatoms. The monoisotopic (exact) mass is 779 g/mol. The van der Waals surface area contributed by atoms with Crippen molar-refractivity contribution in [2.45, 2.75) is 90.0 Å². The van der Waals surface area contributed by atoms with E-state index in [1.165, 1.54) is 14.2 Å². The number of fused-ring (bicyclic) bond motifs is 1. The number of hydrogen-bond acceptors (Lipinski definition) is 8. The number of nitrogens with zero attached hydrogens (tertiary/aromatic N) is 2. The van der Waals surface area contributed by atoms with Crippen molar-refractivity contribution < 1.29 is 33.4 Å². The van der Waals surface area contributed by atoms with Gasteiger partial charge in [-0.3, -0.25) is 14.4 Å². The predicted octanol–water partition coefficient (Wildman–Crippen LogP) is 6.09. The van der Waals surface area contributed by atoms with Gasteiger partial charge in [-0.15, -0.1) is 0 Å². The number of alkyl carbamates (subject to hydrolysis) is 2. The molecule has 5 amide bonds. The number of amides is 5. The number of hydrogen-bond donors (Lipinski definition) is 5. The molecule has 4 aromatic rings. The maximum absolute atomic E-state index is 13.6. The summed E-state index contributed by atoms with van der Waals surface area (Å²) in [5.74, 6) is -0.202. The third kappa shape index (κ3) is 9.38. The lowest BCUT2D eigenvalue weighted by Crippen LogP contribution is -2.55. The summed E-state index contributed by atoms with van der Waals surface area (Å²) in [6.45, 7) is 8.07. The van der Waals surface area contributed by atoms with E-state index in [0.717, 1.165) is 71.2 Å². The molecule has 57 heavy (non-hydrogen) atoms. The van der Waals surface area contributed by atoms with E-state index in [1.807, 2.05) is 69.0 Å². The number of likely N-dealkylation sites (tertiary alicyclic amines) is 1. The Morgan fingerprint density at radius 3 is 1.84 bits per heavy atom. The number of nitrogens with one attached hydrogen (secondary N) is 5. The van der Waals surface area contributed by atoms with Gasteiger partial charge in [-0.05, 0) is 90.5 Å². The molecule has 302 valence electrons. The summed E-state index contributed by atoms with van der Waals surface area (Å²) in [5.41, 5.74) is 6.21. The van der Waals surface area contributed by atoms with Crippen LogP contribution >= 0.6 is 0 Å². The molecule has 2 heterocycles. The van der Waals surface area contributed by atoms with Crippen LogP contribution in [0.25, 0.3) is 33.3 Å². The van der Waals surface area contributed by atoms with Gasteiger partial charge in [0.2, 0.25) is 11.8 Å². The number of imidazole rings is 1. The quantitative estimate of drug-likeness (QED) is 0.114. The lowest BCUT2D eigenvalue weighted by Gasteiger charge is -2.29. The molecule has 2 aliphatic rings. The summed E-state index contributed by atoms with van der Waals surface area (Å²) in [6.07, 6.45) is 2.64. The van der Waals surface area contributed by atoms with Gasteiger partial charge in [0, 0.05) is 24.2 Å². The molecule has 1 saturated carbocycles. The Balaban J connectivity index is 1.08. The summed E-state index contributed by atoms with van der Waals surface area (Å²) < 4.78 is 9.44. The summed E-state index contributed by atoms with van der Waals surface area (Å²) in [4.78, 5) is 73.8. The molecule has 0 bridgehead atoms. The number of H-pyrrole nitrogens is 1. The first-order chi connectivity index (χ1) is 27.4. The maximum Gasteiger partial charge on any atom is 0.407 e. The first kappa shape index (κ1) is 40.7. The SMILES string of the molecule is COC(=O)N[C@H](C(=O)N[C@@H]1CCC[C@H]1NC(=O)c1ccc(-c2ccc(-c3ccc4nc([C@@H]5CCCN5C(=O)[C@@H](NC(=O)OC)C(C)C)[nH]c4c3)cc2)cc1)C(C)C. The summed E-state index contributed by atoms with van der Waals surface area (Å²) in [5, 5.41) is 11.4. The Morgan fingerprint density at radius 2 is 1.25 bits per heavy atom. The minimum absolute atomic E-state index is 0.115. The van der Waals surface area contributed by atoms with Gasteiger partial charge in [0.25, 0.3) is 5.91 Å². The van der Waals surface area contributed by atoms with E-state index < -0.39 is 24.3 Å². The van der Waals surface area contributed by atoms with Crippen LogP contribution in [0.15, 0.2) is 66.7 Å². The van der Waals surface area contributed by atoms with Crippen molar-refractivity contribution in [3.8, 4) is 22.3 Å². The zero-order valence-electron chi connectivity index (χ0n) is 33.4. The molecule has 2 fully saturated rings. The molecule has 3 aromatic carbocycles. The number of ether oxygens (including phenoxy) is 2. The van der Waals surface area contributed by atoms with E-state index in [4.69, 9.17) is 9.72 Å². The molecule has 0 spiro atoms. The van der Waals surface area contributed by atoms with Crippen LogP contribution in [0.4, 0.5) is 9.59 Å². The van der Waals surface area contributed by atoms with E-state index in [0.29, 0.717) is 12.1 Å². The molecule has 6 rings (SSSR count). The summed E-state index contributed by atoms with van der Waals surface area (Å²) in [7, 11) is 2.54. The molecule has 0 radical (unpaired) electrons. The Hall–Kier alpha value is -5.92. The zero-order chi connectivity index (χ0) is 40.8. The fraction of sp³-hybridized carbons (Fsp3) is 0.442. The topological polar surface area (TPSA) is 184 Å². The van der Waals surface area contributed by atoms with Gasteiger partial charge in [-0.1, -0.05) is 70.2 Å². The number of methoxy groups -OCH3 is 2. The fourth-order valence-electron chi connectivity index (χ4n) is 7.78. The molecule has 14 nitrogen and oxygen atoms in total. The number of benzene rings is 3. The van der Waals surface area contributed by atoms with Crippen LogP contribution in [0.1, 0.15) is 82.0 Å². The highest BCUT2D eigenvalue weighted by Gasteiger charge is 2.38. The molecule has 1 aliphatic carbocycles. The number of carbonyl (C=O) groups is 5. The highest BCUT2D eigenvalue weighted by molar-refractivity contribution is 5.95. The van der Waals surface area contributed by atoms with E-state index in [2.05, 4.69) is 49.2 Å². The second-order valence-electron chi connectivity index (χ2n) is 15.5. The number of rotatable bonds is 12. The zero-order valence-corrected chi connectivity index (χ0v) is 33.4. The van der Waals surface area contributed by atoms with Crippen molar-refractivity contribution in [3.63, 3.8) is 0 Å². The van der Waals surface area contributed by atoms with E-state index in [-0.39, 0.29) is 47.7 Å². The number of aromatic nitrogens is 2. The average molecular weight is 780 g/mol. The second-order valence-corrected chi connectivity index (χ2v) is 15.5. The molecule has 0 unspecified atom stereocenters. The van der Waals surface area contributed by atoms with Gasteiger partial charge in [0.1, 0.15) is 17.9 Å². The average Bonchev–Trinajstić information content (AvgIpc) is 3.98. The molecule has 5 atom stereocenters. The van der Waals surface area contributed by atoms with Crippen molar-refractivity contribution in [1.82, 2.24) is 36.1 Å². The van der Waals surface area contributed by atoms with Gasteiger partial charge in [0.05, 0.1) is 31.3 Å². The van der Waals surface area contributed by atoms with Crippen LogP contribution in [0, 0.1) is 11.8 Å².